The van der Waals surface area contributed by atoms with Crippen LogP contribution in [0.1, 0.15) is 46.0 Å². The van der Waals surface area contributed by atoms with Crippen molar-refractivity contribution in [1.29, 1.82) is 0 Å². The normalized spacial score (nSPS) is 20.0. The second-order valence-electron chi connectivity index (χ2n) is 3.90. The van der Waals surface area contributed by atoms with E-state index in [2.05, 4.69) is 13.8 Å². The summed E-state index contributed by atoms with van der Waals surface area (Å²) in [5.74, 6) is 0.438. The fourth-order valence-corrected chi connectivity index (χ4v) is 1.74. The monoisotopic (exact) mass is 186 g/mol. The smallest absolute Gasteiger partial charge is 0.373 e. The fourth-order valence-electron chi connectivity index (χ4n) is 1.74. The SMILES string of the molecule is CC(C)C1(O)CCCCC1.O=C=O. The molecule has 0 aromatic carbocycles. The minimum absolute atomic E-state index is 0.250. The zero-order valence-corrected chi connectivity index (χ0v) is 8.38. The summed E-state index contributed by atoms with van der Waals surface area (Å²) in [4.78, 5) is 16.2. The largest absolute Gasteiger partial charge is 0.390 e. The molecule has 0 spiro atoms. The van der Waals surface area contributed by atoms with Gasteiger partial charge in [-0.3, -0.25) is 0 Å². The summed E-state index contributed by atoms with van der Waals surface area (Å²) in [5, 5.41) is 9.95. The first-order valence-electron chi connectivity index (χ1n) is 4.78. The molecule has 3 nitrogen and oxygen atoms in total. The minimum atomic E-state index is -0.321. The van der Waals surface area contributed by atoms with Crippen LogP contribution < -0.4 is 0 Å². The maximum atomic E-state index is 9.95. The molecule has 0 heterocycles. The minimum Gasteiger partial charge on any atom is -0.390 e. The van der Waals surface area contributed by atoms with Gasteiger partial charge in [-0.05, 0) is 18.8 Å². The molecule has 0 bridgehead atoms. The number of carbonyl (C=O) groups excluding carboxylic acids is 2. The highest BCUT2D eigenvalue weighted by molar-refractivity contribution is 5.20. The van der Waals surface area contributed by atoms with Crippen molar-refractivity contribution in [3.05, 3.63) is 0 Å². The Labute approximate surface area is 79.1 Å². The molecule has 0 aromatic heterocycles. The molecule has 0 aromatic rings. The van der Waals surface area contributed by atoms with E-state index in [1.807, 2.05) is 0 Å². The molecule has 1 aliphatic rings. The second-order valence-corrected chi connectivity index (χ2v) is 3.90. The van der Waals surface area contributed by atoms with Gasteiger partial charge < -0.3 is 5.11 Å². The van der Waals surface area contributed by atoms with E-state index in [1.54, 1.807) is 0 Å². The molecule has 0 radical (unpaired) electrons. The summed E-state index contributed by atoms with van der Waals surface area (Å²) in [7, 11) is 0. The predicted molar refractivity (Wildman–Crippen MR) is 47.9 cm³/mol. The lowest BCUT2D eigenvalue weighted by Crippen LogP contribution is -2.36. The summed E-state index contributed by atoms with van der Waals surface area (Å²) in [6, 6.07) is 0. The number of rotatable bonds is 1. The Bertz CT molecular complexity index is 163. The fraction of sp³-hybridized carbons (Fsp3) is 0.900. The molecule has 0 saturated heterocycles. The van der Waals surface area contributed by atoms with E-state index in [0.717, 1.165) is 12.8 Å². The molecule has 1 N–H and O–H groups in total. The van der Waals surface area contributed by atoms with Crippen molar-refractivity contribution in [3.8, 4) is 0 Å². The summed E-state index contributed by atoms with van der Waals surface area (Å²) in [6.45, 7) is 4.23. The summed E-state index contributed by atoms with van der Waals surface area (Å²) in [5.41, 5.74) is -0.321. The van der Waals surface area contributed by atoms with E-state index in [-0.39, 0.29) is 11.8 Å². The molecule has 13 heavy (non-hydrogen) atoms. The molecule has 1 saturated carbocycles. The third-order valence-electron chi connectivity index (χ3n) is 2.79. The molecular formula is C10H18O3. The predicted octanol–water partition coefficient (Wildman–Crippen LogP) is 1.75. The molecular weight excluding hydrogens is 168 g/mol. The van der Waals surface area contributed by atoms with Crippen LogP contribution in [0, 0.1) is 5.92 Å². The standard InChI is InChI=1S/C9H18O.CO2/c1-8(2)9(10)6-4-3-5-7-9;2-1-3/h8,10H,3-7H2,1-2H3;. The van der Waals surface area contributed by atoms with Gasteiger partial charge in [0, 0.05) is 0 Å². The highest BCUT2D eigenvalue weighted by Crippen LogP contribution is 2.33. The Morgan fingerprint density at radius 2 is 1.54 bits per heavy atom. The molecule has 0 unspecified atom stereocenters. The number of aliphatic hydroxyl groups is 1. The Balaban J connectivity index is 0.000000424. The Morgan fingerprint density at radius 3 is 1.77 bits per heavy atom. The van der Waals surface area contributed by atoms with Gasteiger partial charge in [0.15, 0.2) is 0 Å². The molecule has 3 heteroatoms. The Morgan fingerprint density at radius 1 is 1.15 bits per heavy atom. The van der Waals surface area contributed by atoms with Gasteiger partial charge in [-0.2, -0.15) is 9.59 Å². The lowest BCUT2D eigenvalue weighted by Gasteiger charge is -2.35. The van der Waals surface area contributed by atoms with Crippen LogP contribution >= 0.6 is 0 Å². The first kappa shape index (κ1) is 12.3. The van der Waals surface area contributed by atoms with E-state index >= 15 is 0 Å². The average Bonchev–Trinajstić information content (AvgIpc) is 2.07. The van der Waals surface area contributed by atoms with Gasteiger partial charge in [0.05, 0.1) is 5.60 Å². The van der Waals surface area contributed by atoms with Crippen LogP contribution in [0.2, 0.25) is 0 Å². The van der Waals surface area contributed by atoms with Crippen molar-refractivity contribution in [3.63, 3.8) is 0 Å². The van der Waals surface area contributed by atoms with Gasteiger partial charge in [-0.1, -0.05) is 33.1 Å². The van der Waals surface area contributed by atoms with E-state index in [9.17, 15) is 5.11 Å². The van der Waals surface area contributed by atoms with Gasteiger partial charge in [-0.25, -0.2) is 0 Å². The summed E-state index contributed by atoms with van der Waals surface area (Å²) in [6.07, 6.45) is 6.04. The van der Waals surface area contributed by atoms with Crippen molar-refractivity contribution < 1.29 is 14.7 Å². The first-order chi connectivity index (χ1) is 6.06. The van der Waals surface area contributed by atoms with Crippen LogP contribution in [0.4, 0.5) is 0 Å². The number of hydrogen-bond acceptors (Lipinski definition) is 3. The summed E-state index contributed by atoms with van der Waals surface area (Å²) >= 11 is 0. The van der Waals surface area contributed by atoms with Crippen molar-refractivity contribution in [2.45, 2.75) is 51.6 Å². The van der Waals surface area contributed by atoms with Gasteiger partial charge in [0.25, 0.3) is 0 Å². The van der Waals surface area contributed by atoms with Crippen LogP contribution in [0.25, 0.3) is 0 Å². The van der Waals surface area contributed by atoms with Gasteiger partial charge in [0.2, 0.25) is 0 Å². The van der Waals surface area contributed by atoms with Crippen LogP contribution in [0.5, 0.6) is 0 Å². The maximum Gasteiger partial charge on any atom is 0.373 e. The zero-order chi connectivity index (χ0) is 10.3. The van der Waals surface area contributed by atoms with E-state index < -0.39 is 0 Å². The lowest BCUT2D eigenvalue weighted by atomic mass is 9.77. The van der Waals surface area contributed by atoms with Crippen molar-refractivity contribution in [2.24, 2.45) is 5.92 Å². The van der Waals surface area contributed by atoms with Gasteiger partial charge in [0.1, 0.15) is 0 Å². The number of hydrogen-bond donors (Lipinski definition) is 1. The molecule has 0 atom stereocenters. The topological polar surface area (TPSA) is 54.4 Å². The van der Waals surface area contributed by atoms with Crippen molar-refractivity contribution >= 4 is 6.15 Å². The second kappa shape index (κ2) is 5.90. The van der Waals surface area contributed by atoms with E-state index in [0.29, 0.717) is 5.92 Å². The third-order valence-corrected chi connectivity index (χ3v) is 2.79. The average molecular weight is 186 g/mol. The van der Waals surface area contributed by atoms with Crippen LogP contribution in [0.15, 0.2) is 0 Å². The zero-order valence-electron chi connectivity index (χ0n) is 8.38. The maximum absolute atomic E-state index is 9.95. The van der Waals surface area contributed by atoms with Crippen molar-refractivity contribution in [1.82, 2.24) is 0 Å². The quantitative estimate of drug-likeness (QED) is 0.678. The van der Waals surface area contributed by atoms with Crippen LogP contribution in [-0.4, -0.2) is 16.9 Å². The molecule has 1 rings (SSSR count). The molecule has 0 amide bonds. The molecule has 1 fully saturated rings. The van der Waals surface area contributed by atoms with Crippen LogP contribution in [0.3, 0.4) is 0 Å². The van der Waals surface area contributed by atoms with Crippen molar-refractivity contribution in [2.75, 3.05) is 0 Å². The van der Waals surface area contributed by atoms with E-state index in [4.69, 9.17) is 9.59 Å². The third kappa shape index (κ3) is 4.20. The summed E-state index contributed by atoms with van der Waals surface area (Å²) < 4.78 is 0. The van der Waals surface area contributed by atoms with Crippen LogP contribution in [-0.2, 0) is 9.59 Å². The van der Waals surface area contributed by atoms with Gasteiger partial charge in [-0.15, -0.1) is 0 Å². The highest BCUT2D eigenvalue weighted by Gasteiger charge is 2.31. The van der Waals surface area contributed by atoms with Gasteiger partial charge >= 0.3 is 6.15 Å². The molecule has 1 aliphatic carbocycles. The highest BCUT2D eigenvalue weighted by atomic mass is 16.3. The first-order valence-corrected chi connectivity index (χ1v) is 4.78. The Kier molecular flexibility index (Phi) is 5.60. The molecule has 76 valence electrons. The lowest BCUT2D eigenvalue weighted by molar-refractivity contribution is -0.191. The molecule has 0 aliphatic heterocycles. The van der Waals surface area contributed by atoms with E-state index in [1.165, 1.54) is 19.3 Å². The Hall–Kier alpha value is -0.660.